The van der Waals surface area contributed by atoms with Gasteiger partial charge in [-0.05, 0) is 43.9 Å². The summed E-state index contributed by atoms with van der Waals surface area (Å²) in [6.45, 7) is 2.33. The molecule has 0 unspecified atom stereocenters. The van der Waals surface area contributed by atoms with Crippen molar-refractivity contribution >= 4 is 16.9 Å². The quantitative estimate of drug-likeness (QED) is 0.484. The number of nitrogens with one attached hydrogen (secondary N) is 1. The molecule has 0 fully saturated rings. The molecular formula is C18H23N3OS. The summed E-state index contributed by atoms with van der Waals surface area (Å²) < 4.78 is 0. The Morgan fingerprint density at radius 1 is 1.00 bits per heavy atom. The van der Waals surface area contributed by atoms with Crippen molar-refractivity contribution in [1.82, 2.24) is 9.80 Å². The first-order valence-electron chi connectivity index (χ1n) is 7.53. The first-order chi connectivity index (χ1) is 11.0. The van der Waals surface area contributed by atoms with Gasteiger partial charge in [-0.1, -0.05) is 42.1 Å². The average molecular weight is 329 g/mol. The Labute approximate surface area is 142 Å². The highest BCUT2D eigenvalue weighted by Crippen LogP contribution is 2.22. The largest absolute Gasteiger partial charge is 0.508 e. The summed E-state index contributed by atoms with van der Waals surface area (Å²) in [5, 5.41) is 18.4. The van der Waals surface area contributed by atoms with Crippen LogP contribution < -0.4 is 0 Å². The van der Waals surface area contributed by atoms with Crippen molar-refractivity contribution in [3.05, 3.63) is 60.2 Å². The molecule has 0 aliphatic heterocycles. The third kappa shape index (κ3) is 5.96. The number of likely N-dealkylation sites (N-methyl/N-ethyl adjacent to an activating group) is 1. The van der Waals surface area contributed by atoms with Crippen LogP contribution in [0.5, 0.6) is 5.75 Å². The molecule has 122 valence electrons. The van der Waals surface area contributed by atoms with Crippen LogP contribution >= 0.6 is 11.8 Å². The van der Waals surface area contributed by atoms with Gasteiger partial charge in [0.25, 0.3) is 0 Å². The van der Waals surface area contributed by atoms with Gasteiger partial charge in [-0.15, -0.1) is 0 Å². The molecule has 0 spiro atoms. The van der Waals surface area contributed by atoms with Gasteiger partial charge in [-0.3, -0.25) is 5.41 Å². The fraction of sp³-hybridized carbons (Fsp3) is 0.278. The average Bonchev–Trinajstić information content (AvgIpc) is 2.54. The highest BCUT2D eigenvalue weighted by molar-refractivity contribution is 8.13. The number of rotatable bonds is 6. The molecule has 0 radical (unpaired) electrons. The zero-order valence-corrected chi connectivity index (χ0v) is 14.4. The monoisotopic (exact) mass is 329 g/mol. The van der Waals surface area contributed by atoms with Crippen molar-refractivity contribution in [2.45, 2.75) is 11.4 Å². The van der Waals surface area contributed by atoms with E-state index in [2.05, 4.69) is 9.80 Å². The molecule has 0 aromatic heterocycles. The maximum atomic E-state index is 9.40. The van der Waals surface area contributed by atoms with E-state index in [0.717, 1.165) is 23.5 Å². The first kappa shape index (κ1) is 17.4. The minimum Gasteiger partial charge on any atom is -0.508 e. The molecule has 0 bridgehead atoms. The minimum atomic E-state index is 0.266. The van der Waals surface area contributed by atoms with Gasteiger partial charge >= 0.3 is 0 Å². The molecule has 0 amide bonds. The normalized spacial score (nSPS) is 10.7. The second-order valence-corrected chi connectivity index (χ2v) is 6.67. The van der Waals surface area contributed by atoms with Crippen molar-refractivity contribution in [2.75, 3.05) is 27.2 Å². The SMILES string of the molecule is CN(C)CCN(Cc1ccc(O)cc1)C(=N)Sc1ccccc1. The second-order valence-electron chi connectivity index (χ2n) is 5.61. The number of thioether (sulfide) groups is 1. The zero-order valence-electron chi connectivity index (χ0n) is 13.6. The van der Waals surface area contributed by atoms with Crippen molar-refractivity contribution < 1.29 is 5.11 Å². The molecule has 0 heterocycles. The van der Waals surface area contributed by atoms with E-state index in [1.165, 1.54) is 11.8 Å². The smallest absolute Gasteiger partial charge is 0.161 e. The highest BCUT2D eigenvalue weighted by Gasteiger charge is 2.12. The van der Waals surface area contributed by atoms with E-state index < -0.39 is 0 Å². The van der Waals surface area contributed by atoms with Crippen molar-refractivity contribution in [1.29, 1.82) is 5.41 Å². The lowest BCUT2D eigenvalue weighted by atomic mass is 10.2. The molecule has 23 heavy (non-hydrogen) atoms. The Bertz CT molecular complexity index is 614. The second kappa shape index (κ2) is 8.60. The predicted octanol–water partition coefficient (Wildman–Crippen LogP) is 3.48. The van der Waals surface area contributed by atoms with Gasteiger partial charge in [0, 0.05) is 24.5 Å². The fourth-order valence-electron chi connectivity index (χ4n) is 2.06. The van der Waals surface area contributed by atoms with Gasteiger partial charge in [0.05, 0.1) is 0 Å². The van der Waals surface area contributed by atoms with E-state index in [4.69, 9.17) is 5.41 Å². The minimum absolute atomic E-state index is 0.266. The summed E-state index contributed by atoms with van der Waals surface area (Å²) in [6.07, 6.45) is 0. The van der Waals surface area contributed by atoms with Crippen molar-refractivity contribution in [3.63, 3.8) is 0 Å². The first-order valence-corrected chi connectivity index (χ1v) is 8.35. The number of benzene rings is 2. The summed E-state index contributed by atoms with van der Waals surface area (Å²) in [6, 6.07) is 17.2. The molecule has 0 saturated heterocycles. The Balaban J connectivity index is 2.06. The maximum Gasteiger partial charge on any atom is 0.161 e. The van der Waals surface area contributed by atoms with Crippen LogP contribution in [-0.2, 0) is 6.54 Å². The molecule has 2 aromatic carbocycles. The van der Waals surface area contributed by atoms with E-state index in [9.17, 15) is 5.11 Å². The summed E-state index contributed by atoms with van der Waals surface area (Å²) >= 11 is 1.47. The summed E-state index contributed by atoms with van der Waals surface area (Å²) in [5.74, 6) is 0.266. The molecule has 2 aromatic rings. The standard InChI is InChI=1S/C18H23N3OS/c1-20(2)12-13-21(14-15-8-10-16(22)11-9-15)18(19)23-17-6-4-3-5-7-17/h3-11,19,22H,12-14H2,1-2H3. The molecule has 0 atom stereocenters. The van der Waals surface area contributed by atoms with Gasteiger partial charge in [0.15, 0.2) is 5.17 Å². The van der Waals surface area contributed by atoms with Gasteiger partial charge < -0.3 is 14.9 Å². The highest BCUT2D eigenvalue weighted by atomic mass is 32.2. The van der Waals surface area contributed by atoms with Crippen molar-refractivity contribution in [3.8, 4) is 5.75 Å². The van der Waals surface area contributed by atoms with Crippen LogP contribution in [0.3, 0.4) is 0 Å². The molecule has 0 saturated carbocycles. The number of phenolic OH excluding ortho intramolecular Hbond substituents is 1. The van der Waals surface area contributed by atoms with Crippen LogP contribution in [0.25, 0.3) is 0 Å². The van der Waals surface area contributed by atoms with E-state index >= 15 is 0 Å². The molecule has 0 aliphatic rings. The van der Waals surface area contributed by atoms with Crippen molar-refractivity contribution in [2.24, 2.45) is 0 Å². The molecule has 5 heteroatoms. The summed E-state index contributed by atoms with van der Waals surface area (Å²) in [7, 11) is 4.07. The van der Waals surface area contributed by atoms with Crippen LogP contribution in [0.15, 0.2) is 59.5 Å². The van der Waals surface area contributed by atoms with Crippen LogP contribution in [0, 0.1) is 5.41 Å². The third-order valence-electron chi connectivity index (χ3n) is 3.37. The van der Waals surface area contributed by atoms with Crippen LogP contribution in [-0.4, -0.2) is 47.3 Å². The zero-order chi connectivity index (χ0) is 16.7. The van der Waals surface area contributed by atoms with Gasteiger partial charge in [0.2, 0.25) is 0 Å². The Morgan fingerprint density at radius 2 is 1.65 bits per heavy atom. The maximum absolute atomic E-state index is 9.40. The number of aromatic hydroxyl groups is 1. The predicted molar refractivity (Wildman–Crippen MR) is 97.1 cm³/mol. The number of nitrogens with zero attached hydrogens (tertiary/aromatic N) is 2. The molecule has 2 rings (SSSR count). The topological polar surface area (TPSA) is 50.6 Å². The van der Waals surface area contributed by atoms with Crippen LogP contribution in [0.4, 0.5) is 0 Å². The third-order valence-corrected chi connectivity index (χ3v) is 4.33. The number of hydrogen-bond acceptors (Lipinski definition) is 4. The fourth-order valence-corrected chi connectivity index (χ4v) is 2.86. The number of hydrogen-bond donors (Lipinski definition) is 2. The lowest BCUT2D eigenvalue weighted by Crippen LogP contribution is -2.34. The van der Waals surface area contributed by atoms with E-state index in [1.807, 2.05) is 56.6 Å². The van der Waals surface area contributed by atoms with E-state index in [0.29, 0.717) is 11.7 Å². The summed E-state index contributed by atoms with van der Waals surface area (Å²) in [4.78, 5) is 5.24. The van der Waals surface area contributed by atoms with Gasteiger partial charge in [-0.2, -0.15) is 0 Å². The van der Waals surface area contributed by atoms with E-state index in [-0.39, 0.29) is 5.75 Å². The lowest BCUT2D eigenvalue weighted by Gasteiger charge is -2.26. The van der Waals surface area contributed by atoms with E-state index in [1.54, 1.807) is 12.1 Å². The van der Waals surface area contributed by atoms with Crippen LogP contribution in [0.2, 0.25) is 0 Å². The molecule has 0 aliphatic carbocycles. The molecule has 4 nitrogen and oxygen atoms in total. The van der Waals surface area contributed by atoms with Gasteiger partial charge in [-0.25, -0.2) is 0 Å². The Hall–Kier alpha value is -1.98. The van der Waals surface area contributed by atoms with Gasteiger partial charge in [0.1, 0.15) is 5.75 Å². The molecular weight excluding hydrogens is 306 g/mol. The molecule has 2 N–H and O–H groups in total. The van der Waals surface area contributed by atoms with Crippen LogP contribution in [0.1, 0.15) is 5.56 Å². The number of amidine groups is 1. The Kier molecular flexibility index (Phi) is 6.50. The number of phenols is 1. The summed E-state index contributed by atoms with van der Waals surface area (Å²) in [5.41, 5.74) is 1.08. The Morgan fingerprint density at radius 3 is 2.26 bits per heavy atom. The lowest BCUT2D eigenvalue weighted by molar-refractivity contribution is 0.328.